The second-order valence-corrected chi connectivity index (χ2v) is 9.03. The van der Waals surface area contributed by atoms with Gasteiger partial charge >= 0.3 is 0 Å². The smallest absolute Gasteiger partial charge is 0.207 e. The molecule has 0 saturated carbocycles. The normalized spacial score (nSPS) is 13.8. The minimum absolute atomic E-state index is 0.182. The Kier molecular flexibility index (Phi) is 4.92. The molecule has 3 nitrogen and oxygen atoms in total. The molecule has 1 unspecified atom stereocenters. The molecule has 20 heavy (non-hydrogen) atoms. The third-order valence-electron chi connectivity index (χ3n) is 3.21. The van der Waals surface area contributed by atoms with E-state index in [1.54, 1.807) is 24.5 Å². The van der Waals surface area contributed by atoms with Gasteiger partial charge in [0.1, 0.15) is 0 Å². The van der Waals surface area contributed by atoms with E-state index in [4.69, 9.17) is 11.6 Å². The van der Waals surface area contributed by atoms with Gasteiger partial charge in [0.05, 0.1) is 16.8 Å². The van der Waals surface area contributed by atoms with Gasteiger partial charge in [0.15, 0.2) is 0 Å². The van der Waals surface area contributed by atoms with E-state index in [1.165, 1.54) is 15.6 Å². The summed E-state index contributed by atoms with van der Waals surface area (Å²) in [5.41, 5.74) is 0. The summed E-state index contributed by atoms with van der Waals surface area (Å²) in [7, 11) is -1.87. The highest BCUT2D eigenvalue weighted by Crippen LogP contribution is 2.33. The zero-order chi connectivity index (χ0) is 14.9. The summed E-state index contributed by atoms with van der Waals surface area (Å²) in [5, 5.41) is 1.95. The van der Waals surface area contributed by atoms with Crippen LogP contribution in [0, 0.1) is 6.92 Å². The Balaban J connectivity index is 2.36. The van der Waals surface area contributed by atoms with Crippen molar-refractivity contribution in [1.82, 2.24) is 4.31 Å². The second-order valence-electron chi connectivity index (χ2n) is 4.48. The summed E-state index contributed by atoms with van der Waals surface area (Å²) in [5.74, 6) is 0.339. The average Bonchev–Trinajstić information content (AvgIpc) is 3.05. The van der Waals surface area contributed by atoms with Crippen molar-refractivity contribution in [3.63, 3.8) is 0 Å². The van der Waals surface area contributed by atoms with Crippen molar-refractivity contribution in [2.45, 2.75) is 30.7 Å². The number of alkyl halides is 1. The zero-order valence-electron chi connectivity index (χ0n) is 11.5. The van der Waals surface area contributed by atoms with Gasteiger partial charge in [0.25, 0.3) is 0 Å². The van der Waals surface area contributed by atoms with Gasteiger partial charge in [0, 0.05) is 21.7 Å². The molecule has 0 aromatic carbocycles. The maximum atomic E-state index is 12.7. The quantitative estimate of drug-likeness (QED) is 0.757. The highest BCUT2D eigenvalue weighted by atomic mass is 35.5. The lowest BCUT2D eigenvalue weighted by molar-refractivity contribution is 0.403. The number of rotatable bonds is 5. The summed E-state index contributed by atoms with van der Waals surface area (Å²) in [4.78, 5) is 3.05. The summed E-state index contributed by atoms with van der Waals surface area (Å²) < 4.78 is 26.8. The molecule has 2 rings (SSSR count). The fourth-order valence-electron chi connectivity index (χ4n) is 1.92. The summed E-state index contributed by atoms with van der Waals surface area (Å²) in [6.07, 6.45) is 0. The number of halogens is 1. The topological polar surface area (TPSA) is 37.4 Å². The van der Waals surface area contributed by atoms with Crippen LogP contribution >= 0.6 is 34.3 Å². The molecule has 0 aliphatic heterocycles. The fourth-order valence-corrected chi connectivity index (χ4v) is 5.85. The number of thiophene rings is 2. The lowest BCUT2D eigenvalue weighted by Crippen LogP contribution is -2.29. The van der Waals surface area contributed by atoms with Gasteiger partial charge in [-0.1, -0.05) is 6.07 Å². The van der Waals surface area contributed by atoms with E-state index < -0.39 is 10.0 Å². The van der Waals surface area contributed by atoms with Crippen LogP contribution in [-0.2, 0) is 15.9 Å². The molecule has 0 saturated heterocycles. The standard InChI is InChI=1S/C13H16ClNO2S3/c1-9(12-5-4-6-18-12)15(3)20(16,17)13-7-11(8-14)19-10(13)2/h4-7,9H,8H2,1-3H3. The molecule has 0 radical (unpaired) electrons. The largest absolute Gasteiger partial charge is 0.244 e. The van der Waals surface area contributed by atoms with Crippen LogP contribution in [0.15, 0.2) is 28.5 Å². The van der Waals surface area contributed by atoms with Crippen molar-refractivity contribution >= 4 is 44.3 Å². The Bertz CT molecular complexity index is 677. The van der Waals surface area contributed by atoms with Crippen molar-refractivity contribution in [3.05, 3.63) is 38.2 Å². The Morgan fingerprint density at radius 2 is 2.15 bits per heavy atom. The maximum Gasteiger partial charge on any atom is 0.244 e. The molecule has 0 aliphatic carbocycles. The Hall–Kier alpha value is -0.400. The van der Waals surface area contributed by atoms with Gasteiger partial charge in [-0.05, 0) is 31.4 Å². The first kappa shape index (κ1) is 16.0. The number of aryl methyl sites for hydroxylation is 1. The number of sulfonamides is 1. The molecule has 0 amide bonds. The van der Waals surface area contributed by atoms with Crippen molar-refractivity contribution in [1.29, 1.82) is 0 Å². The number of hydrogen-bond acceptors (Lipinski definition) is 4. The van der Waals surface area contributed by atoms with E-state index in [1.807, 2.05) is 31.4 Å². The fraction of sp³-hybridized carbons (Fsp3) is 0.385. The molecule has 1 atom stereocenters. The minimum Gasteiger partial charge on any atom is -0.207 e. The molecule has 2 aromatic heterocycles. The van der Waals surface area contributed by atoms with Crippen LogP contribution < -0.4 is 0 Å². The Morgan fingerprint density at radius 1 is 1.45 bits per heavy atom. The zero-order valence-corrected chi connectivity index (χ0v) is 14.7. The van der Waals surface area contributed by atoms with Crippen molar-refractivity contribution < 1.29 is 8.42 Å². The van der Waals surface area contributed by atoms with E-state index in [0.717, 1.165) is 14.6 Å². The lowest BCUT2D eigenvalue weighted by Gasteiger charge is -2.23. The molecule has 0 fully saturated rings. The molecular weight excluding hydrogens is 334 g/mol. The van der Waals surface area contributed by atoms with Crippen LogP contribution in [0.3, 0.4) is 0 Å². The van der Waals surface area contributed by atoms with Crippen LogP contribution in [0.2, 0.25) is 0 Å². The van der Waals surface area contributed by atoms with Crippen LogP contribution in [0.25, 0.3) is 0 Å². The first-order chi connectivity index (χ1) is 9.37. The lowest BCUT2D eigenvalue weighted by atomic mass is 10.3. The second kappa shape index (κ2) is 6.15. The molecule has 2 aromatic rings. The van der Waals surface area contributed by atoms with E-state index in [9.17, 15) is 8.42 Å². The van der Waals surface area contributed by atoms with Gasteiger partial charge in [0.2, 0.25) is 10.0 Å². The molecule has 2 heterocycles. The highest BCUT2D eigenvalue weighted by Gasteiger charge is 2.29. The van der Waals surface area contributed by atoms with Crippen LogP contribution in [0.1, 0.15) is 27.6 Å². The van der Waals surface area contributed by atoms with E-state index in [0.29, 0.717) is 10.8 Å². The molecule has 110 valence electrons. The highest BCUT2D eigenvalue weighted by molar-refractivity contribution is 7.89. The van der Waals surface area contributed by atoms with Gasteiger partial charge in [-0.2, -0.15) is 4.31 Å². The van der Waals surface area contributed by atoms with Gasteiger partial charge in [-0.25, -0.2) is 8.42 Å². The van der Waals surface area contributed by atoms with Gasteiger partial charge < -0.3 is 0 Å². The van der Waals surface area contributed by atoms with E-state index in [-0.39, 0.29) is 6.04 Å². The van der Waals surface area contributed by atoms with Crippen molar-refractivity contribution in [3.8, 4) is 0 Å². The average molecular weight is 350 g/mol. The molecule has 0 N–H and O–H groups in total. The molecule has 0 spiro atoms. The minimum atomic E-state index is -3.49. The third kappa shape index (κ3) is 2.94. The third-order valence-corrected chi connectivity index (χ3v) is 7.94. The van der Waals surface area contributed by atoms with E-state index in [2.05, 4.69) is 0 Å². The Labute approximate surface area is 132 Å². The first-order valence-corrected chi connectivity index (χ1v) is 9.71. The molecular formula is C13H16ClNO2S3. The van der Waals surface area contributed by atoms with Gasteiger partial charge in [-0.15, -0.1) is 34.3 Å². The predicted octanol–water partition coefficient (Wildman–Crippen LogP) is 4.24. The first-order valence-electron chi connectivity index (χ1n) is 6.04. The molecule has 7 heteroatoms. The van der Waals surface area contributed by atoms with Crippen LogP contribution in [-0.4, -0.2) is 19.8 Å². The number of nitrogens with zero attached hydrogens (tertiary/aromatic N) is 1. The van der Waals surface area contributed by atoms with Crippen molar-refractivity contribution in [2.75, 3.05) is 7.05 Å². The van der Waals surface area contributed by atoms with Crippen molar-refractivity contribution in [2.24, 2.45) is 0 Å². The monoisotopic (exact) mass is 349 g/mol. The maximum absolute atomic E-state index is 12.7. The summed E-state index contributed by atoms with van der Waals surface area (Å²) in [6, 6.07) is 5.38. The SMILES string of the molecule is Cc1sc(CCl)cc1S(=O)(=O)N(C)C(C)c1cccs1. The van der Waals surface area contributed by atoms with Gasteiger partial charge in [-0.3, -0.25) is 0 Å². The summed E-state index contributed by atoms with van der Waals surface area (Å²) in [6.45, 7) is 3.71. The van der Waals surface area contributed by atoms with Crippen LogP contribution in [0.5, 0.6) is 0 Å². The molecule has 0 bridgehead atoms. The van der Waals surface area contributed by atoms with Crippen LogP contribution in [0.4, 0.5) is 0 Å². The number of hydrogen-bond donors (Lipinski definition) is 0. The summed E-state index contributed by atoms with van der Waals surface area (Å²) >= 11 is 8.78. The predicted molar refractivity (Wildman–Crippen MR) is 86.3 cm³/mol. The van der Waals surface area contributed by atoms with E-state index >= 15 is 0 Å². The Morgan fingerprint density at radius 3 is 2.65 bits per heavy atom. The molecule has 0 aliphatic rings.